The molecule has 3 nitrogen and oxygen atoms in total. The molecule has 0 spiro atoms. The Morgan fingerprint density at radius 2 is 2.06 bits per heavy atom. The molecule has 0 aliphatic rings. The summed E-state index contributed by atoms with van der Waals surface area (Å²) >= 11 is 0. The summed E-state index contributed by atoms with van der Waals surface area (Å²) in [4.78, 5) is 0. The van der Waals surface area contributed by atoms with Gasteiger partial charge in [-0.1, -0.05) is 12.1 Å². The van der Waals surface area contributed by atoms with E-state index < -0.39 is 0 Å². The molecule has 0 amide bonds. The molecule has 1 unspecified atom stereocenters. The summed E-state index contributed by atoms with van der Waals surface area (Å²) in [5.41, 5.74) is 7.99. The van der Waals surface area contributed by atoms with Gasteiger partial charge in [0.25, 0.3) is 0 Å². The van der Waals surface area contributed by atoms with Crippen LogP contribution in [0.2, 0.25) is 0 Å². The molecule has 3 N–H and O–H groups in total. The molecule has 2 atom stereocenters. The van der Waals surface area contributed by atoms with Gasteiger partial charge in [-0.05, 0) is 38.0 Å². The summed E-state index contributed by atoms with van der Waals surface area (Å²) in [5, 5.41) is 9.12. The molecule has 1 rings (SSSR count). The molecular formula is C13H21NO2. The number of aliphatic hydroxyl groups excluding tert-OH is 1. The predicted molar refractivity (Wildman–Crippen MR) is 65.6 cm³/mol. The average Bonchev–Trinajstić information content (AvgIpc) is 2.19. The summed E-state index contributed by atoms with van der Waals surface area (Å²) in [5.74, 6) is 0.866. The Kier molecular flexibility index (Phi) is 4.77. The van der Waals surface area contributed by atoms with E-state index in [0.29, 0.717) is 13.0 Å². The molecule has 0 radical (unpaired) electrons. The van der Waals surface area contributed by atoms with E-state index in [9.17, 15) is 0 Å². The van der Waals surface area contributed by atoms with Crippen LogP contribution in [0, 0.1) is 6.92 Å². The van der Waals surface area contributed by atoms with Crippen LogP contribution in [0.1, 0.15) is 37.4 Å². The number of aryl methyl sites for hydroxylation is 1. The van der Waals surface area contributed by atoms with Crippen molar-refractivity contribution in [2.45, 2.75) is 39.3 Å². The SMILES string of the molecule is Cc1cc([C@@H](C)N)ccc1OCCC(C)O. The summed E-state index contributed by atoms with van der Waals surface area (Å²) < 4.78 is 5.58. The van der Waals surface area contributed by atoms with Crippen LogP contribution in [-0.4, -0.2) is 17.8 Å². The van der Waals surface area contributed by atoms with E-state index in [1.807, 2.05) is 32.0 Å². The van der Waals surface area contributed by atoms with Crippen molar-refractivity contribution in [2.75, 3.05) is 6.61 Å². The van der Waals surface area contributed by atoms with Gasteiger partial charge in [-0.15, -0.1) is 0 Å². The van der Waals surface area contributed by atoms with Crippen molar-refractivity contribution in [1.82, 2.24) is 0 Å². The van der Waals surface area contributed by atoms with Crippen LogP contribution in [0.15, 0.2) is 18.2 Å². The van der Waals surface area contributed by atoms with Crippen molar-refractivity contribution >= 4 is 0 Å². The van der Waals surface area contributed by atoms with Gasteiger partial charge in [0.1, 0.15) is 5.75 Å². The van der Waals surface area contributed by atoms with E-state index in [2.05, 4.69) is 0 Å². The van der Waals surface area contributed by atoms with Crippen LogP contribution in [0.25, 0.3) is 0 Å². The molecule has 0 aromatic heterocycles. The lowest BCUT2D eigenvalue weighted by Crippen LogP contribution is -2.09. The first-order chi connectivity index (χ1) is 7.50. The quantitative estimate of drug-likeness (QED) is 0.804. The lowest BCUT2D eigenvalue weighted by molar-refractivity contribution is 0.155. The molecule has 1 aromatic rings. The molecule has 0 fully saturated rings. The summed E-state index contributed by atoms with van der Waals surface area (Å²) in [7, 11) is 0. The normalized spacial score (nSPS) is 14.6. The van der Waals surface area contributed by atoms with Gasteiger partial charge in [0.05, 0.1) is 12.7 Å². The van der Waals surface area contributed by atoms with Gasteiger partial charge in [-0.25, -0.2) is 0 Å². The minimum absolute atomic E-state index is 0.0465. The van der Waals surface area contributed by atoms with Crippen LogP contribution < -0.4 is 10.5 Å². The van der Waals surface area contributed by atoms with Gasteiger partial charge in [0.2, 0.25) is 0 Å². The maximum atomic E-state index is 9.12. The Bertz CT molecular complexity index is 335. The van der Waals surface area contributed by atoms with Crippen LogP contribution in [0.5, 0.6) is 5.75 Å². The first kappa shape index (κ1) is 13.0. The number of hydrogen-bond donors (Lipinski definition) is 2. The zero-order chi connectivity index (χ0) is 12.1. The number of benzene rings is 1. The van der Waals surface area contributed by atoms with Gasteiger partial charge >= 0.3 is 0 Å². The average molecular weight is 223 g/mol. The summed E-state index contributed by atoms with van der Waals surface area (Å²) in [6.45, 7) is 6.26. The minimum Gasteiger partial charge on any atom is -0.493 e. The molecule has 16 heavy (non-hydrogen) atoms. The smallest absolute Gasteiger partial charge is 0.122 e. The standard InChI is InChI=1S/C13H21NO2/c1-9-8-12(11(3)14)4-5-13(9)16-7-6-10(2)15/h4-5,8,10-11,15H,6-7,14H2,1-3H3/t10?,11-/m1/s1. The van der Waals surface area contributed by atoms with Crippen molar-refractivity contribution in [3.8, 4) is 5.75 Å². The maximum Gasteiger partial charge on any atom is 0.122 e. The van der Waals surface area contributed by atoms with Crippen LogP contribution >= 0.6 is 0 Å². The number of aliphatic hydroxyl groups is 1. The Morgan fingerprint density at radius 3 is 2.56 bits per heavy atom. The summed E-state index contributed by atoms with van der Waals surface area (Å²) in [6, 6.07) is 6.01. The number of nitrogens with two attached hydrogens (primary N) is 1. The third-order valence-corrected chi connectivity index (χ3v) is 2.52. The molecule has 3 heteroatoms. The molecule has 90 valence electrons. The second kappa shape index (κ2) is 5.87. The van der Waals surface area contributed by atoms with E-state index in [0.717, 1.165) is 16.9 Å². The van der Waals surface area contributed by atoms with Crippen molar-refractivity contribution in [3.63, 3.8) is 0 Å². The zero-order valence-corrected chi connectivity index (χ0v) is 10.2. The lowest BCUT2D eigenvalue weighted by Gasteiger charge is -2.12. The van der Waals surface area contributed by atoms with E-state index in [1.54, 1.807) is 6.92 Å². The zero-order valence-electron chi connectivity index (χ0n) is 10.2. The van der Waals surface area contributed by atoms with Crippen LogP contribution in [0.4, 0.5) is 0 Å². The topological polar surface area (TPSA) is 55.5 Å². The third kappa shape index (κ3) is 3.83. The fraction of sp³-hybridized carbons (Fsp3) is 0.538. The fourth-order valence-electron chi connectivity index (χ4n) is 1.46. The predicted octanol–water partition coefficient (Wildman–Crippen LogP) is 2.16. The van der Waals surface area contributed by atoms with E-state index >= 15 is 0 Å². The van der Waals surface area contributed by atoms with Crippen molar-refractivity contribution < 1.29 is 9.84 Å². The van der Waals surface area contributed by atoms with Crippen LogP contribution in [-0.2, 0) is 0 Å². The number of rotatable bonds is 5. The monoisotopic (exact) mass is 223 g/mol. The largest absolute Gasteiger partial charge is 0.493 e. The van der Waals surface area contributed by atoms with E-state index in [4.69, 9.17) is 15.6 Å². The Labute approximate surface area is 97.2 Å². The van der Waals surface area contributed by atoms with Crippen molar-refractivity contribution in [1.29, 1.82) is 0 Å². The number of hydrogen-bond acceptors (Lipinski definition) is 3. The minimum atomic E-state index is -0.316. The van der Waals surface area contributed by atoms with Crippen LogP contribution in [0.3, 0.4) is 0 Å². The highest BCUT2D eigenvalue weighted by atomic mass is 16.5. The molecule has 0 saturated heterocycles. The van der Waals surface area contributed by atoms with Gasteiger partial charge in [0.15, 0.2) is 0 Å². The highest BCUT2D eigenvalue weighted by Crippen LogP contribution is 2.22. The fourth-order valence-corrected chi connectivity index (χ4v) is 1.46. The lowest BCUT2D eigenvalue weighted by atomic mass is 10.1. The third-order valence-electron chi connectivity index (χ3n) is 2.52. The second-order valence-electron chi connectivity index (χ2n) is 4.30. The molecule has 1 aromatic carbocycles. The maximum absolute atomic E-state index is 9.12. The Hall–Kier alpha value is -1.06. The highest BCUT2D eigenvalue weighted by Gasteiger charge is 2.04. The Balaban J connectivity index is 2.61. The van der Waals surface area contributed by atoms with Crippen molar-refractivity contribution in [2.24, 2.45) is 5.73 Å². The highest BCUT2D eigenvalue weighted by molar-refractivity contribution is 5.37. The molecule has 0 saturated carbocycles. The van der Waals surface area contributed by atoms with Gasteiger partial charge < -0.3 is 15.6 Å². The summed E-state index contributed by atoms with van der Waals surface area (Å²) in [6.07, 6.45) is 0.331. The van der Waals surface area contributed by atoms with Gasteiger partial charge in [-0.2, -0.15) is 0 Å². The van der Waals surface area contributed by atoms with E-state index in [1.165, 1.54) is 0 Å². The molecular weight excluding hydrogens is 202 g/mol. The second-order valence-corrected chi connectivity index (χ2v) is 4.30. The van der Waals surface area contributed by atoms with Gasteiger partial charge in [0, 0.05) is 12.5 Å². The Morgan fingerprint density at radius 1 is 1.38 bits per heavy atom. The molecule has 0 heterocycles. The first-order valence-electron chi connectivity index (χ1n) is 5.67. The molecule has 0 aliphatic carbocycles. The van der Waals surface area contributed by atoms with E-state index in [-0.39, 0.29) is 12.1 Å². The van der Waals surface area contributed by atoms with Crippen molar-refractivity contribution in [3.05, 3.63) is 29.3 Å². The molecule has 0 bridgehead atoms. The van der Waals surface area contributed by atoms with Gasteiger partial charge in [-0.3, -0.25) is 0 Å². The number of ether oxygens (including phenoxy) is 1. The molecule has 0 aliphatic heterocycles. The first-order valence-corrected chi connectivity index (χ1v) is 5.67.